The number of hydrogen-bond donors (Lipinski definition) is 1. The molecule has 4 heteroatoms. The van der Waals surface area contributed by atoms with Crippen molar-refractivity contribution in [3.8, 4) is 0 Å². The number of allylic oxidation sites excluding steroid dienone is 1. The largest absolute Gasteiger partial charge is 0.388 e. The number of ketones is 1. The first-order chi connectivity index (χ1) is 12.8. The van der Waals surface area contributed by atoms with E-state index in [2.05, 4.69) is 24.1 Å². The predicted octanol–water partition coefficient (Wildman–Crippen LogP) is 4.85. The number of rotatable bonds is 6. The Balaban J connectivity index is 1.49. The average Bonchev–Trinajstić information content (AvgIpc) is 3.50. The Morgan fingerprint density at radius 2 is 2.07 bits per heavy atom. The molecular formula is C23H31FN2O. The first-order valence-corrected chi connectivity index (χ1v) is 10.3. The molecule has 1 aromatic rings. The first kappa shape index (κ1) is 18.5. The molecule has 0 aromatic heterocycles. The number of anilines is 1. The van der Waals surface area contributed by atoms with Crippen LogP contribution < -0.4 is 10.2 Å². The fourth-order valence-electron chi connectivity index (χ4n) is 4.41. The molecule has 27 heavy (non-hydrogen) atoms. The van der Waals surface area contributed by atoms with E-state index < -0.39 is 0 Å². The van der Waals surface area contributed by atoms with Gasteiger partial charge in [-0.25, -0.2) is 4.39 Å². The van der Waals surface area contributed by atoms with E-state index >= 15 is 4.39 Å². The van der Waals surface area contributed by atoms with Crippen LogP contribution in [0.15, 0.2) is 23.9 Å². The number of halogens is 1. The zero-order chi connectivity index (χ0) is 19.3. The number of nitrogens with zero attached hydrogens (tertiary/aromatic N) is 1. The summed E-state index contributed by atoms with van der Waals surface area (Å²) in [6.07, 6.45) is 6.72. The summed E-state index contributed by atoms with van der Waals surface area (Å²) in [7, 11) is 0. The van der Waals surface area contributed by atoms with Crippen molar-refractivity contribution in [2.24, 2.45) is 17.3 Å². The molecular weight excluding hydrogens is 339 g/mol. The van der Waals surface area contributed by atoms with Gasteiger partial charge in [0.2, 0.25) is 0 Å². The predicted molar refractivity (Wildman–Crippen MR) is 108 cm³/mol. The zero-order valence-corrected chi connectivity index (χ0v) is 16.9. The van der Waals surface area contributed by atoms with Crippen molar-refractivity contribution in [2.75, 3.05) is 18.0 Å². The van der Waals surface area contributed by atoms with Gasteiger partial charge in [0.25, 0.3) is 0 Å². The van der Waals surface area contributed by atoms with Crippen LogP contribution in [0.4, 0.5) is 10.1 Å². The fraction of sp³-hybridized carbons (Fsp3) is 0.609. The summed E-state index contributed by atoms with van der Waals surface area (Å²) in [5.41, 5.74) is 2.79. The molecule has 3 atom stereocenters. The lowest BCUT2D eigenvalue weighted by molar-refractivity contribution is 0.103. The van der Waals surface area contributed by atoms with Crippen molar-refractivity contribution in [1.82, 2.24) is 5.32 Å². The van der Waals surface area contributed by atoms with E-state index in [1.807, 2.05) is 6.07 Å². The van der Waals surface area contributed by atoms with E-state index in [0.29, 0.717) is 34.4 Å². The third-order valence-corrected chi connectivity index (χ3v) is 7.14. The van der Waals surface area contributed by atoms with E-state index in [1.54, 1.807) is 26.1 Å². The summed E-state index contributed by atoms with van der Waals surface area (Å²) in [5, 5.41) is 3.26. The molecule has 0 bridgehead atoms. The third kappa shape index (κ3) is 3.51. The van der Waals surface area contributed by atoms with Crippen molar-refractivity contribution in [2.45, 2.75) is 59.4 Å². The van der Waals surface area contributed by atoms with Crippen molar-refractivity contribution in [3.05, 3.63) is 40.8 Å². The Bertz CT molecular complexity index is 796. The highest BCUT2D eigenvalue weighted by Gasteiger charge is 2.47. The highest BCUT2D eigenvalue weighted by Crippen LogP contribution is 2.54. The molecule has 1 saturated heterocycles. The van der Waals surface area contributed by atoms with Crippen LogP contribution in [0.1, 0.15) is 62.4 Å². The smallest absolute Gasteiger partial charge is 0.193 e. The molecule has 0 amide bonds. The lowest BCUT2D eigenvalue weighted by atomic mass is 9.90. The number of carbonyl (C=O) groups excluding carboxylic acids is 1. The molecule has 4 rings (SSSR count). The highest BCUT2D eigenvalue weighted by molar-refractivity contribution is 6.08. The second kappa shape index (κ2) is 6.65. The molecule has 2 saturated carbocycles. The minimum Gasteiger partial charge on any atom is -0.388 e. The zero-order valence-electron chi connectivity index (χ0n) is 16.9. The average molecular weight is 371 g/mol. The van der Waals surface area contributed by atoms with Crippen LogP contribution in [0, 0.1) is 30.0 Å². The maximum absolute atomic E-state index is 15.0. The number of Topliss-reactive ketones (excluding diaryl/α,β-unsaturated/α-hetero) is 1. The molecule has 1 aliphatic heterocycles. The first-order valence-electron chi connectivity index (χ1n) is 10.3. The van der Waals surface area contributed by atoms with Crippen molar-refractivity contribution in [1.29, 1.82) is 0 Å². The Labute approximate surface area is 162 Å². The highest BCUT2D eigenvalue weighted by atomic mass is 19.1. The topological polar surface area (TPSA) is 32.3 Å². The van der Waals surface area contributed by atoms with Crippen LogP contribution >= 0.6 is 0 Å². The molecule has 0 radical (unpaired) electrons. The minimum absolute atomic E-state index is 0.181. The fourth-order valence-corrected chi connectivity index (χ4v) is 4.41. The molecule has 2 aliphatic carbocycles. The van der Waals surface area contributed by atoms with Gasteiger partial charge in [0.15, 0.2) is 5.78 Å². The number of hydrogen-bond acceptors (Lipinski definition) is 3. The van der Waals surface area contributed by atoms with E-state index in [4.69, 9.17) is 0 Å². The van der Waals surface area contributed by atoms with Crippen LogP contribution in [-0.4, -0.2) is 24.9 Å². The molecule has 1 heterocycles. The van der Waals surface area contributed by atoms with E-state index in [-0.39, 0.29) is 17.2 Å². The summed E-state index contributed by atoms with van der Waals surface area (Å²) in [6.45, 7) is 10.1. The minimum atomic E-state index is -0.369. The monoisotopic (exact) mass is 370 g/mol. The summed E-state index contributed by atoms with van der Waals surface area (Å²) in [4.78, 5) is 15.0. The summed E-state index contributed by atoms with van der Waals surface area (Å²) in [6, 6.07) is 4.06. The van der Waals surface area contributed by atoms with Gasteiger partial charge in [0.1, 0.15) is 5.82 Å². The second-order valence-electron chi connectivity index (χ2n) is 9.30. The molecule has 1 aromatic carbocycles. The van der Waals surface area contributed by atoms with Gasteiger partial charge in [-0.15, -0.1) is 0 Å². The van der Waals surface area contributed by atoms with E-state index in [1.165, 1.54) is 19.3 Å². The second-order valence-corrected chi connectivity index (χ2v) is 9.30. The summed E-state index contributed by atoms with van der Waals surface area (Å²) in [5.74, 6) is 0.769. The quantitative estimate of drug-likeness (QED) is 0.574. The lowest BCUT2D eigenvalue weighted by Gasteiger charge is -2.24. The molecule has 3 aliphatic rings. The lowest BCUT2D eigenvalue weighted by Crippen LogP contribution is -2.23. The normalized spacial score (nSPS) is 29.0. The van der Waals surface area contributed by atoms with Gasteiger partial charge in [-0.3, -0.25) is 4.79 Å². The van der Waals surface area contributed by atoms with Crippen LogP contribution in [0.25, 0.3) is 0 Å². The molecule has 1 N–H and O–H groups in total. The molecule has 3 fully saturated rings. The summed E-state index contributed by atoms with van der Waals surface area (Å²) < 4.78 is 15.0. The van der Waals surface area contributed by atoms with Crippen LogP contribution in [0.2, 0.25) is 0 Å². The molecule has 146 valence electrons. The van der Waals surface area contributed by atoms with Crippen LogP contribution in [0.5, 0.6) is 0 Å². The Hall–Kier alpha value is -1.84. The van der Waals surface area contributed by atoms with Crippen LogP contribution in [-0.2, 0) is 0 Å². The molecule has 3 nitrogen and oxygen atoms in total. The Morgan fingerprint density at radius 3 is 2.70 bits per heavy atom. The standard InChI is InChI=1S/C23H31FN2O/c1-14-11-19(14)25-12-15(2)22(27)18-5-6-20(16(3)21(18)24)26-10-7-17(13-26)23(4)8-9-23/h5-6,12,14,17,19,25H,7-11,13H2,1-4H3/t14-,17+,19+/m0/s1. The maximum atomic E-state index is 15.0. The van der Waals surface area contributed by atoms with E-state index in [0.717, 1.165) is 25.2 Å². The maximum Gasteiger partial charge on any atom is 0.193 e. The van der Waals surface area contributed by atoms with Crippen molar-refractivity contribution >= 4 is 11.5 Å². The Kier molecular flexibility index (Phi) is 4.56. The third-order valence-electron chi connectivity index (χ3n) is 7.14. The van der Waals surface area contributed by atoms with Gasteiger partial charge < -0.3 is 10.2 Å². The van der Waals surface area contributed by atoms with Gasteiger partial charge >= 0.3 is 0 Å². The Morgan fingerprint density at radius 1 is 1.37 bits per heavy atom. The van der Waals surface area contributed by atoms with Gasteiger partial charge in [-0.05, 0) is 68.9 Å². The van der Waals surface area contributed by atoms with Crippen LogP contribution in [0.3, 0.4) is 0 Å². The SMILES string of the molecule is CC(=CN[C@@H]1C[C@@H]1C)C(=O)c1ccc(N2CC[C@@H](C3(C)CC3)C2)c(C)c1F. The summed E-state index contributed by atoms with van der Waals surface area (Å²) >= 11 is 0. The number of carbonyl (C=O) groups is 1. The number of benzene rings is 1. The van der Waals surface area contributed by atoms with Gasteiger partial charge in [-0.2, -0.15) is 0 Å². The number of nitrogens with one attached hydrogen (secondary N) is 1. The van der Waals surface area contributed by atoms with Gasteiger partial charge in [0, 0.05) is 42.2 Å². The van der Waals surface area contributed by atoms with Gasteiger partial charge in [0.05, 0.1) is 5.56 Å². The van der Waals surface area contributed by atoms with Crippen molar-refractivity contribution < 1.29 is 9.18 Å². The molecule has 0 spiro atoms. The van der Waals surface area contributed by atoms with Crippen molar-refractivity contribution in [3.63, 3.8) is 0 Å². The van der Waals surface area contributed by atoms with Gasteiger partial charge in [-0.1, -0.05) is 13.8 Å². The van der Waals surface area contributed by atoms with E-state index in [9.17, 15) is 4.79 Å². The molecule has 0 unspecified atom stereocenters.